The zero-order chi connectivity index (χ0) is 10.9. The van der Waals surface area contributed by atoms with Gasteiger partial charge in [-0.3, -0.25) is 0 Å². The first-order chi connectivity index (χ1) is 6.49. The van der Waals surface area contributed by atoms with Crippen LogP contribution in [0.25, 0.3) is 0 Å². The van der Waals surface area contributed by atoms with Gasteiger partial charge in [-0.1, -0.05) is 0 Å². The van der Waals surface area contributed by atoms with Gasteiger partial charge in [-0.15, -0.1) is 0 Å². The number of nitrogens with two attached hydrogens (primary N) is 1. The Labute approximate surface area is 87.3 Å². The van der Waals surface area contributed by atoms with Crippen LogP contribution >= 0.6 is 15.9 Å². The summed E-state index contributed by atoms with van der Waals surface area (Å²) in [6.07, 6.45) is 0. The first-order valence-corrected chi connectivity index (χ1v) is 4.51. The molecule has 0 amide bonds. The Hall–Kier alpha value is -0.720. The quantitative estimate of drug-likeness (QED) is 0.711. The Balaban J connectivity index is 3.39. The van der Waals surface area contributed by atoms with E-state index in [0.717, 1.165) is 6.07 Å². The van der Waals surface area contributed by atoms with E-state index >= 15 is 0 Å². The Bertz CT molecular complexity index is 333. The molecular weight excluding hydrogens is 260 g/mol. The monoisotopic (exact) mass is 267 g/mol. The summed E-state index contributed by atoms with van der Waals surface area (Å²) >= 11 is 2.77. The van der Waals surface area contributed by atoms with Crippen molar-refractivity contribution in [1.29, 1.82) is 0 Å². The van der Waals surface area contributed by atoms with Crippen molar-refractivity contribution in [2.45, 2.75) is 6.04 Å². The Kier molecular flexibility index (Phi) is 3.41. The zero-order valence-corrected chi connectivity index (χ0v) is 8.55. The van der Waals surface area contributed by atoms with E-state index in [-0.39, 0.29) is 4.47 Å². The van der Waals surface area contributed by atoms with Crippen LogP contribution in [0.15, 0.2) is 10.5 Å². The van der Waals surface area contributed by atoms with Crippen molar-refractivity contribution in [3.63, 3.8) is 0 Å². The third-order valence-electron chi connectivity index (χ3n) is 1.75. The molecule has 78 valence electrons. The number of rotatable bonds is 2. The van der Waals surface area contributed by atoms with E-state index in [2.05, 4.69) is 15.9 Å². The molecule has 0 fully saturated rings. The highest BCUT2D eigenvalue weighted by Gasteiger charge is 2.21. The Morgan fingerprint density at radius 3 is 2.57 bits per heavy atom. The molecule has 4 N–H and O–H groups in total. The maximum Gasteiger partial charge on any atom is 0.166 e. The van der Waals surface area contributed by atoms with Gasteiger partial charge in [-0.05, 0) is 22.0 Å². The fourth-order valence-electron chi connectivity index (χ4n) is 1.03. The van der Waals surface area contributed by atoms with Crippen LogP contribution in [0.3, 0.4) is 0 Å². The molecule has 0 unspecified atom stereocenters. The lowest BCUT2D eigenvalue weighted by Gasteiger charge is -2.13. The molecule has 0 radical (unpaired) electrons. The van der Waals surface area contributed by atoms with Gasteiger partial charge in [0, 0.05) is 0 Å². The molecule has 6 heteroatoms. The third-order valence-corrected chi connectivity index (χ3v) is 2.33. The highest BCUT2D eigenvalue weighted by Crippen LogP contribution is 2.33. The maximum absolute atomic E-state index is 13.3. The molecule has 0 aliphatic rings. The maximum atomic E-state index is 13.3. The van der Waals surface area contributed by atoms with Crippen LogP contribution in [0.5, 0.6) is 5.75 Å². The molecule has 0 bridgehead atoms. The second kappa shape index (κ2) is 4.20. The van der Waals surface area contributed by atoms with E-state index in [1.807, 2.05) is 0 Å². The topological polar surface area (TPSA) is 66.5 Å². The predicted molar refractivity (Wildman–Crippen MR) is 49.7 cm³/mol. The molecule has 0 aliphatic carbocycles. The van der Waals surface area contributed by atoms with E-state index in [1.165, 1.54) is 0 Å². The lowest BCUT2D eigenvalue weighted by molar-refractivity contribution is 0.261. The van der Waals surface area contributed by atoms with E-state index in [1.54, 1.807) is 0 Å². The van der Waals surface area contributed by atoms with Crippen LogP contribution in [0.1, 0.15) is 11.6 Å². The molecule has 0 spiro atoms. The molecule has 1 aromatic carbocycles. The van der Waals surface area contributed by atoms with E-state index in [4.69, 9.17) is 10.8 Å². The summed E-state index contributed by atoms with van der Waals surface area (Å²) < 4.78 is 26.1. The third kappa shape index (κ3) is 1.87. The van der Waals surface area contributed by atoms with Gasteiger partial charge in [-0.2, -0.15) is 0 Å². The highest BCUT2D eigenvalue weighted by atomic mass is 79.9. The number of hydrogen-bond acceptors (Lipinski definition) is 3. The van der Waals surface area contributed by atoms with E-state index < -0.39 is 35.6 Å². The number of halogens is 3. The lowest BCUT2D eigenvalue weighted by atomic mass is 10.1. The molecule has 0 saturated heterocycles. The summed E-state index contributed by atoms with van der Waals surface area (Å²) in [7, 11) is 0. The second-order valence-corrected chi connectivity index (χ2v) is 3.56. The molecule has 3 nitrogen and oxygen atoms in total. The molecular formula is C8H8BrF2NO2. The van der Waals surface area contributed by atoms with Crippen molar-refractivity contribution in [2.75, 3.05) is 6.61 Å². The molecule has 1 atom stereocenters. The fourth-order valence-corrected chi connectivity index (χ4v) is 1.45. The first-order valence-electron chi connectivity index (χ1n) is 3.71. The van der Waals surface area contributed by atoms with Gasteiger partial charge in [0.15, 0.2) is 11.6 Å². The van der Waals surface area contributed by atoms with Crippen molar-refractivity contribution < 1.29 is 19.0 Å². The van der Waals surface area contributed by atoms with Crippen LogP contribution in [0.4, 0.5) is 8.78 Å². The second-order valence-electron chi connectivity index (χ2n) is 2.71. The van der Waals surface area contributed by atoms with Crippen molar-refractivity contribution in [3.8, 4) is 5.75 Å². The summed E-state index contributed by atoms with van der Waals surface area (Å²) in [6.45, 7) is -0.583. The summed E-state index contributed by atoms with van der Waals surface area (Å²) in [5.74, 6) is -2.73. The number of aliphatic hydroxyl groups excluding tert-OH is 1. The molecule has 0 aromatic heterocycles. The Morgan fingerprint density at radius 1 is 1.50 bits per heavy atom. The van der Waals surface area contributed by atoms with E-state index in [0.29, 0.717) is 0 Å². The van der Waals surface area contributed by atoms with Crippen molar-refractivity contribution in [1.82, 2.24) is 0 Å². The SMILES string of the molecule is N[C@@H](CO)c1c(O)c(F)cc(Br)c1F. The summed E-state index contributed by atoms with van der Waals surface area (Å²) in [5, 5.41) is 17.9. The van der Waals surface area contributed by atoms with Crippen molar-refractivity contribution >= 4 is 15.9 Å². The van der Waals surface area contributed by atoms with E-state index in [9.17, 15) is 13.9 Å². The number of hydrogen-bond donors (Lipinski definition) is 3. The van der Waals surface area contributed by atoms with Crippen LogP contribution in [0.2, 0.25) is 0 Å². The number of phenols is 1. The van der Waals surface area contributed by atoms with Gasteiger partial charge in [0.05, 0.1) is 22.7 Å². The summed E-state index contributed by atoms with van der Waals surface area (Å²) in [6, 6.07) is -0.361. The zero-order valence-electron chi connectivity index (χ0n) is 6.97. The van der Waals surface area contributed by atoms with Crippen molar-refractivity contribution in [3.05, 3.63) is 27.7 Å². The first kappa shape index (κ1) is 11.4. The van der Waals surface area contributed by atoms with Gasteiger partial charge in [0.25, 0.3) is 0 Å². The van der Waals surface area contributed by atoms with Gasteiger partial charge in [-0.25, -0.2) is 8.78 Å². The number of aliphatic hydroxyl groups is 1. The lowest BCUT2D eigenvalue weighted by Crippen LogP contribution is -2.17. The van der Waals surface area contributed by atoms with Gasteiger partial charge in [0.1, 0.15) is 5.82 Å². The molecule has 1 rings (SSSR count). The van der Waals surface area contributed by atoms with Gasteiger partial charge in [0.2, 0.25) is 0 Å². The summed E-state index contributed by atoms with van der Waals surface area (Å²) in [4.78, 5) is 0. The predicted octanol–water partition coefficient (Wildman–Crippen LogP) is 1.42. The molecule has 0 saturated carbocycles. The molecule has 14 heavy (non-hydrogen) atoms. The van der Waals surface area contributed by atoms with Crippen LogP contribution in [0, 0.1) is 11.6 Å². The smallest absolute Gasteiger partial charge is 0.166 e. The van der Waals surface area contributed by atoms with Crippen molar-refractivity contribution in [2.24, 2.45) is 5.73 Å². The standard InChI is InChI=1S/C8H8BrF2NO2/c9-3-1-4(10)8(14)6(7(3)11)5(12)2-13/h1,5,13-14H,2,12H2/t5-/m0/s1. The minimum Gasteiger partial charge on any atom is -0.505 e. The summed E-state index contributed by atoms with van der Waals surface area (Å²) in [5.41, 5.74) is 4.87. The van der Waals surface area contributed by atoms with Gasteiger partial charge >= 0.3 is 0 Å². The van der Waals surface area contributed by atoms with Crippen LogP contribution in [-0.4, -0.2) is 16.8 Å². The minimum absolute atomic E-state index is 0.147. The number of benzene rings is 1. The molecule has 1 aromatic rings. The largest absolute Gasteiger partial charge is 0.505 e. The minimum atomic E-state index is -1.15. The van der Waals surface area contributed by atoms with Crippen LogP contribution < -0.4 is 5.73 Å². The van der Waals surface area contributed by atoms with Gasteiger partial charge < -0.3 is 15.9 Å². The molecule has 0 heterocycles. The average molecular weight is 268 g/mol. The molecule has 0 aliphatic heterocycles. The normalized spacial score (nSPS) is 12.9. The number of phenolic OH excluding ortho intramolecular Hbond substituents is 1. The highest BCUT2D eigenvalue weighted by molar-refractivity contribution is 9.10. The number of aromatic hydroxyl groups is 1. The average Bonchev–Trinajstić information content (AvgIpc) is 2.15. The fraction of sp³-hybridized carbons (Fsp3) is 0.250. The van der Waals surface area contributed by atoms with Crippen LogP contribution in [-0.2, 0) is 0 Å². The Morgan fingerprint density at radius 2 is 2.07 bits per heavy atom.